The molecule has 0 atom stereocenters. The van der Waals surface area contributed by atoms with Crippen molar-refractivity contribution in [1.29, 1.82) is 0 Å². The van der Waals surface area contributed by atoms with Crippen molar-refractivity contribution in [2.75, 3.05) is 5.32 Å². The van der Waals surface area contributed by atoms with E-state index in [1.807, 2.05) is 0 Å². The first-order valence-corrected chi connectivity index (χ1v) is 6.40. The number of rotatable bonds is 3. The molecule has 0 aromatic heterocycles. The van der Waals surface area contributed by atoms with E-state index in [1.54, 1.807) is 19.1 Å². The number of carboxylic acids is 1. The first-order valence-electron chi connectivity index (χ1n) is 6.03. The maximum Gasteiger partial charge on any atom is 0.338 e. The van der Waals surface area contributed by atoms with Gasteiger partial charge < -0.3 is 15.5 Å². The van der Waals surface area contributed by atoms with Crippen molar-refractivity contribution in [3.63, 3.8) is 0 Å². The Morgan fingerprint density at radius 1 is 1.19 bits per heavy atom. The number of aryl methyl sites for hydroxylation is 1. The van der Waals surface area contributed by atoms with Crippen LogP contribution in [0, 0.1) is 6.92 Å². The van der Waals surface area contributed by atoms with Gasteiger partial charge in [-0.3, -0.25) is 4.79 Å². The van der Waals surface area contributed by atoms with Crippen molar-refractivity contribution in [1.82, 2.24) is 0 Å². The van der Waals surface area contributed by atoms with Gasteiger partial charge in [0, 0.05) is 5.02 Å². The Balaban J connectivity index is 2.39. The van der Waals surface area contributed by atoms with E-state index in [0.717, 1.165) is 0 Å². The minimum atomic E-state index is -1.14. The highest BCUT2D eigenvalue weighted by molar-refractivity contribution is 6.31. The molecule has 1 amide bonds. The summed E-state index contributed by atoms with van der Waals surface area (Å²) in [4.78, 5) is 23.4. The minimum Gasteiger partial charge on any atom is -0.507 e. The molecule has 0 aliphatic rings. The number of hydrogen-bond acceptors (Lipinski definition) is 3. The minimum absolute atomic E-state index is 0.00682. The summed E-state index contributed by atoms with van der Waals surface area (Å²) in [5, 5.41) is 21.7. The number of amides is 1. The van der Waals surface area contributed by atoms with Crippen molar-refractivity contribution in [2.45, 2.75) is 6.92 Å². The molecular formula is C15H12ClNO4. The molecule has 3 N–H and O–H groups in total. The predicted molar refractivity (Wildman–Crippen MR) is 79.2 cm³/mol. The summed E-state index contributed by atoms with van der Waals surface area (Å²) >= 11 is 5.79. The van der Waals surface area contributed by atoms with Gasteiger partial charge in [-0.05, 0) is 36.8 Å². The summed E-state index contributed by atoms with van der Waals surface area (Å²) < 4.78 is 0. The first-order chi connectivity index (χ1) is 9.90. The molecule has 2 aromatic rings. The number of phenolic OH excluding ortho intramolecular Hbond substituents is 1. The molecule has 0 saturated heterocycles. The Kier molecular flexibility index (Phi) is 4.14. The molecule has 0 radical (unpaired) electrons. The monoisotopic (exact) mass is 305 g/mol. The van der Waals surface area contributed by atoms with Crippen LogP contribution >= 0.6 is 11.6 Å². The number of aromatic carboxylic acids is 1. The van der Waals surface area contributed by atoms with Crippen LogP contribution in [0.2, 0.25) is 5.02 Å². The number of hydrogen-bond donors (Lipinski definition) is 3. The maximum atomic E-state index is 12.2. The Hall–Kier alpha value is -2.53. The van der Waals surface area contributed by atoms with E-state index < -0.39 is 11.9 Å². The number of phenols is 1. The summed E-state index contributed by atoms with van der Waals surface area (Å²) in [5.74, 6) is -2.01. The van der Waals surface area contributed by atoms with Crippen LogP contribution in [-0.4, -0.2) is 22.1 Å². The second kappa shape index (κ2) is 5.85. The number of anilines is 1. The van der Waals surface area contributed by atoms with Crippen molar-refractivity contribution in [2.24, 2.45) is 0 Å². The predicted octanol–water partition coefficient (Wildman–Crippen LogP) is 3.30. The Bertz CT molecular complexity index is 728. The number of carbonyl (C=O) groups is 2. The molecule has 0 spiro atoms. The molecule has 108 valence electrons. The second-order valence-electron chi connectivity index (χ2n) is 4.42. The molecule has 0 unspecified atom stereocenters. The molecule has 0 aliphatic heterocycles. The third kappa shape index (κ3) is 3.14. The average Bonchev–Trinajstić information content (AvgIpc) is 2.41. The van der Waals surface area contributed by atoms with E-state index >= 15 is 0 Å². The van der Waals surface area contributed by atoms with Gasteiger partial charge in [-0.25, -0.2) is 4.79 Å². The molecule has 0 bridgehead atoms. The number of carboxylic acid groups (broad SMARTS) is 1. The van der Waals surface area contributed by atoms with Crippen molar-refractivity contribution in [3.05, 3.63) is 58.1 Å². The highest BCUT2D eigenvalue weighted by Gasteiger charge is 2.17. The van der Waals surface area contributed by atoms with E-state index in [2.05, 4.69) is 5.32 Å². The zero-order valence-electron chi connectivity index (χ0n) is 11.1. The lowest BCUT2D eigenvalue weighted by atomic mass is 10.1. The van der Waals surface area contributed by atoms with Crippen LogP contribution in [0.4, 0.5) is 5.69 Å². The highest BCUT2D eigenvalue weighted by atomic mass is 35.5. The van der Waals surface area contributed by atoms with E-state index in [9.17, 15) is 19.8 Å². The van der Waals surface area contributed by atoms with Crippen molar-refractivity contribution in [3.8, 4) is 5.75 Å². The van der Waals surface area contributed by atoms with E-state index in [4.69, 9.17) is 11.6 Å². The van der Waals surface area contributed by atoms with Crippen molar-refractivity contribution < 1.29 is 19.8 Å². The van der Waals surface area contributed by atoms with Crippen LogP contribution in [0.5, 0.6) is 5.75 Å². The molecule has 0 heterocycles. The van der Waals surface area contributed by atoms with Gasteiger partial charge in [0.05, 0.1) is 16.8 Å². The van der Waals surface area contributed by atoms with Crippen LogP contribution in [0.1, 0.15) is 26.3 Å². The van der Waals surface area contributed by atoms with Gasteiger partial charge in [-0.2, -0.15) is 0 Å². The fourth-order valence-electron chi connectivity index (χ4n) is 1.94. The summed E-state index contributed by atoms with van der Waals surface area (Å²) in [6, 6.07) is 8.80. The number of nitrogens with one attached hydrogen (secondary N) is 1. The molecular weight excluding hydrogens is 294 g/mol. The Labute approximate surface area is 125 Å². The summed E-state index contributed by atoms with van der Waals surface area (Å²) in [6.45, 7) is 1.63. The van der Waals surface area contributed by atoms with Gasteiger partial charge in [-0.1, -0.05) is 23.7 Å². The summed E-state index contributed by atoms with van der Waals surface area (Å²) in [7, 11) is 0. The van der Waals surface area contributed by atoms with E-state index in [1.165, 1.54) is 24.3 Å². The summed E-state index contributed by atoms with van der Waals surface area (Å²) in [5.41, 5.74) is 0.662. The zero-order valence-corrected chi connectivity index (χ0v) is 11.8. The fraction of sp³-hybridized carbons (Fsp3) is 0.0667. The lowest BCUT2D eigenvalue weighted by molar-refractivity contribution is 0.0697. The number of aromatic hydroxyl groups is 1. The zero-order chi connectivity index (χ0) is 15.6. The van der Waals surface area contributed by atoms with E-state index in [0.29, 0.717) is 10.6 Å². The first kappa shape index (κ1) is 14.9. The van der Waals surface area contributed by atoms with Crippen LogP contribution in [-0.2, 0) is 0 Å². The van der Waals surface area contributed by atoms with Crippen LogP contribution in [0.3, 0.4) is 0 Å². The lowest BCUT2D eigenvalue weighted by Gasteiger charge is -2.11. The normalized spacial score (nSPS) is 10.2. The molecule has 21 heavy (non-hydrogen) atoms. The van der Waals surface area contributed by atoms with Gasteiger partial charge in [0.15, 0.2) is 0 Å². The van der Waals surface area contributed by atoms with Crippen molar-refractivity contribution >= 4 is 29.2 Å². The van der Waals surface area contributed by atoms with E-state index in [-0.39, 0.29) is 22.6 Å². The van der Waals surface area contributed by atoms with Crippen LogP contribution in [0.15, 0.2) is 36.4 Å². The second-order valence-corrected chi connectivity index (χ2v) is 4.85. The topological polar surface area (TPSA) is 86.6 Å². The Morgan fingerprint density at radius 2 is 1.90 bits per heavy atom. The number of carbonyl (C=O) groups excluding carboxylic acids is 1. The van der Waals surface area contributed by atoms with Gasteiger partial charge in [0.1, 0.15) is 5.75 Å². The number of halogens is 1. The van der Waals surface area contributed by atoms with Gasteiger partial charge >= 0.3 is 5.97 Å². The van der Waals surface area contributed by atoms with Crippen LogP contribution < -0.4 is 5.32 Å². The molecule has 6 heteroatoms. The SMILES string of the molecule is Cc1cccc(NC(=O)c2cc(Cl)ccc2O)c1C(=O)O. The molecule has 0 aliphatic carbocycles. The standard InChI is InChI=1S/C15H12ClNO4/c1-8-3-2-4-11(13(8)15(20)21)17-14(19)10-7-9(16)5-6-12(10)18/h2-7,18H,1H3,(H,17,19)(H,20,21). The molecule has 2 aromatic carbocycles. The van der Waals surface area contributed by atoms with Gasteiger partial charge in [0.2, 0.25) is 0 Å². The molecule has 5 nitrogen and oxygen atoms in total. The molecule has 0 fully saturated rings. The maximum absolute atomic E-state index is 12.2. The Morgan fingerprint density at radius 3 is 2.57 bits per heavy atom. The van der Waals surface area contributed by atoms with Gasteiger partial charge in [0.25, 0.3) is 5.91 Å². The van der Waals surface area contributed by atoms with Gasteiger partial charge in [-0.15, -0.1) is 0 Å². The highest BCUT2D eigenvalue weighted by Crippen LogP contribution is 2.24. The third-order valence-electron chi connectivity index (χ3n) is 2.94. The quantitative estimate of drug-likeness (QED) is 0.812. The molecule has 0 saturated carbocycles. The molecule has 2 rings (SSSR count). The third-order valence-corrected chi connectivity index (χ3v) is 3.17. The van der Waals surface area contributed by atoms with Crippen LogP contribution in [0.25, 0.3) is 0 Å². The largest absolute Gasteiger partial charge is 0.507 e. The average molecular weight is 306 g/mol. The smallest absolute Gasteiger partial charge is 0.338 e. The lowest BCUT2D eigenvalue weighted by Crippen LogP contribution is -2.15. The summed E-state index contributed by atoms with van der Waals surface area (Å²) in [6.07, 6.45) is 0. The fourth-order valence-corrected chi connectivity index (χ4v) is 2.11. The number of benzene rings is 2.